The summed E-state index contributed by atoms with van der Waals surface area (Å²) in [6, 6.07) is 9.90. The van der Waals surface area contributed by atoms with Gasteiger partial charge in [-0.25, -0.2) is 0 Å². The van der Waals surface area contributed by atoms with Crippen molar-refractivity contribution >= 4 is 17.7 Å². The SMILES string of the molecule is Cn1cc(CCNC(=O)[C@@H](c2ccccc2)N2CCSCC2)cn1. The molecule has 0 radical (unpaired) electrons. The lowest BCUT2D eigenvalue weighted by Crippen LogP contribution is -2.44. The molecule has 24 heavy (non-hydrogen) atoms. The fourth-order valence-corrected chi connectivity index (χ4v) is 3.96. The number of nitrogens with zero attached hydrogens (tertiary/aromatic N) is 3. The van der Waals surface area contributed by atoms with E-state index in [4.69, 9.17) is 0 Å². The summed E-state index contributed by atoms with van der Waals surface area (Å²) in [5.74, 6) is 2.27. The fourth-order valence-electron chi connectivity index (χ4n) is 3.03. The van der Waals surface area contributed by atoms with Crippen LogP contribution < -0.4 is 5.32 Å². The molecule has 128 valence electrons. The normalized spacial score (nSPS) is 16.7. The minimum atomic E-state index is -0.194. The van der Waals surface area contributed by atoms with Crippen LogP contribution >= 0.6 is 11.8 Å². The molecule has 1 aromatic heterocycles. The van der Waals surface area contributed by atoms with Crippen LogP contribution in [0.15, 0.2) is 42.7 Å². The summed E-state index contributed by atoms with van der Waals surface area (Å²) in [5.41, 5.74) is 2.21. The fraction of sp³-hybridized carbons (Fsp3) is 0.444. The molecule has 0 saturated carbocycles. The number of benzene rings is 1. The number of nitrogens with one attached hydrogen (secondary N) is 1. The molecule has 2 heterocycles. The zero-order chi connectivity index (χ0) is 16.8. The molecule has 1 aromatic carbocycles. The Kier molecular flexibility index (Phi) is 5.93. The Morgan fingerprint density at radius 2 is 2.04 bits per heavy atom. The summed E-state index contributed by atoms with van der Waals surface area (Å²) in [5, 5.41) is 7.28. The predicted octanol–water partition coefficient (Wildman–Crippen LogP) is 1.87. The lowest BCUT2D eigenvalue weighted by atomic mass is 10.0. The van der Waals surface area contributed by atoms with E-state index in [0.717, 1.165) is 42.1 Å². The zero-order valence-electron chi connectivity index (χ0n) is 14.0. The first-order valence-electron chi connectivity index (χ1n) is 8.36. The lowest BCUT2D eigenvalue weighted by molar-refractivity contribution is -0.126. The second kappa shape index (κ2) is 8.35. The van der Waals surface area contributed by atoms with Crippen LogP contribution in [0.1, 0.15) is 17.2 Å². The molecule has 1 aliphatic heterocycles. The van der Waals surface area contributed by atoms with Crippen LogP contribution in [0.3, 0.4) is 0 Å². The van der Waals surface area contributed by atoms with Crippen LogP contribution in [0.2, 0.25) is 0 Å². The van der Waals surface area contributed by atoms with Gasteiger partial charge >= 0.3 is 0 Å². The van der Waals surface area contributed by atoms with Gasteiger partial charge in [-0.3, -0.25) is 14.4 Å². The maximum atomic E-state index is 12.9. The van der Waals surface area contributed by atoms with Crippen molar-refractivity contribution in [3.8, 4) is 0 Å². The van der Waals surface area contributed by atoms with Crippen LogP contribution in [-0.4, -0.2) is 51.7 Å². The topological polar surface area (TPSA) is 50.2 Å². The second-order valence-electron chi connectivity index (χ2n) is 6.02. The number of hydrogen-bond donors (Lipinski definition) is 1. The maximum absolute atomic E-state index is 12.9. The molecule has 0 bridgehead atoms. The van der Waals surface area contributed by atoms with E-state index in [1.165, 1.54) is 0 Å². The molecule has 1 atom stereocenters. The van der Waals surface area contributed by atoms with Crippen molar-refractivity contribution in [3.63, 3.8) is 0 Å². The molecule has 1 amide bonds. The third-order valence-corrected chi connectivity index (χ3v) is 5.19. The van der Waals surface area contributed by atoms with E-state index in [2.05, 4.69) is 15.3 Å². The van der Waals surface area contributed by atoms with Crippen molar-refractivity contribution in [2.45, 2.75) is 12.5 Å². The van der Waals surface area contributed by atoms with E-state index < -0.39 is 0 Å². The van der Waals surface area contributed by atoms with Crippen molar-refractivity contribution in [3.05, 3.63) is 53.9 Å². The maximum Gasteiger partial charge on any atom is 0.241 e. The predicted molar refractivity (Wildman–Crippen MR) is 98.0 cm³/mol. The van der Waals surface area contributed by atoms with Gasteiger partial charge in [0.15, 0.2) is 0 Å². The molecular weight excluding hydrogens is 320 g/mol. The molecule has 5 nitrogen and oxygen atoms in total. The standard InChI is InChI=1S/C18H24N4OS/c1-21-14-15(13-20-21)7-8-19-18(23)17(16-5-3-2-4-6-16)22-9-11-24-12-10-22/h2-6,13-14,17H,7-12H2,1H3,(H,19,23)/t17-/m1/s1. The highest BCUT2D eigenvalue weighted by molar-refractivity contribution is 7.99. The molecular formula is C18H24N4OS. The van der Waals surface area contributed by atoms with Crippen LogP contribution in [0.5, 0.6) is 0 Å². The number of aryl methyl sites for hydroxylation is 1. The number of aromatic nitrogens is 2. The minimum Gasteiger partial charge on any atom is -0.354 e. The van der Waals surface area contributed by atoms with Gasteiger partial charge in [0.1, 0.15) is 6.04 Å². The Bertz CT molecular complexity index is 652. The Balaban J connectivity index is 1.64. The summed E-state index contributed by atoms with van der Waals surface area (Å²) < 4.78 is 1.79. The highest BCUT2D eigenvalue weighted by atomic mass is 32.2. The van der Waals surface area contributed by atoms with E-state index in [-0.39, 0.29) is 11.9 Å². The van der Waals surface area contributed by atoms with Gasteiger partial charge in [-0.1, -0.05) is 30.3 Å². The molecule has 1 saturated heterocycles. The average molecular weight is 344 g/mol. The Hall–Kier alpha value is -1.79. The van der Waals surface area contributed by atoms with Gasteiger partial charge in [-0.05, 0) is 17.5 Å². The van der Waals surface area contributed by atoms with Crippen molar-refractivity contribution in [2.24, 2.45) is 7.05 Å². The number of rotatable bonds is 6. The van der Waals surface area contributed by atoms with Gasteiger partial charge in [0.2, 0.25) is 5.91 Å². The van der Waals surface area contributed by atoms with E-state index in [1.807, 2.05) is 61.5 Å². The van der Waals surface area contributed by atoms with Gasteiger partial charge in [0.25, 0.3) is 0 Å². The summed E-state index contributed by atoms with van der Waals surface area (Å²) in [6.07, 6.45) is 4.64. The van der Waals surface area contributed by atoms with E-state index in [1.54, 1.807) is 4.68 Å². The molecule has 1 aliphatic rings. The summed E-state index contributed by atoms with van der Waals surface area (Å²) >= 11 is 1.96. The van der Waals surface area contributed by atoms with Crippen molar-refractivity contribution in [1.82, 2.24) is 20.0 Å². The average Bonchev–Trinajstić information content (AvgIpc) is 3.02. The first-order valence-corrected chi connectivity index (χ1v) is 9.51. The molecule has 3 rings (SSSR count). The smallest absolute Gasteiger partial charge is 0.241 e. The third kappa shape index (κ3) is 4.39. The van der Waals surface area contributed by atoms with Crippen LogP contribution in [0.25, 0.3) is 0 Å². The van der Waals surface area contributed by atoms with Crippen molar-refractivity contribution in [2.75, 3.05) is 31.1 Å². The van der Waals surface area contributed by atoms with E-state index >= 15 is 0 Å². The van der Waals surface area contributed by atoms with Crippen molar-refractivity contribution < 1.29 is 4.79 Å². The number of hydrogen-bond acceptors (Lipinski definition) is 4. The quantitative estimate of drug-likeness (QED) is 0.869. The van der Waals surface area contributed by atoms with E-state index in [0.29, 0.717) is 6.54 Å². The molecule has 1 fully saturated rings. The van der Waals surface area contributed by atoms with Gasteiger partial charge in [-0.2, -0.15) is 16.9 Å². The second-order valence-corrected chi connectivity index (χ2v) is 7.25. The Labute approximate surface area is 147 Å². The molecule has 1 N–H and O–H groups in total. The molecule has 2 aromatic rings. The highest BCUT2D eigenvalue weighted by Crippen LogP contribution is 2.24. The van der Waals surface area contributed by atoms with Gasteiger partial charge < -0.3 is 5.32 Å². The largest absolute Gasteiger partial charge is 0.354 e. The lowest BCUT2D eigenvalue weighted by Gasteiger charge is -2.33. The summed E-state index contributed by atoms with van der Waals surface area (Å²) in [7, 11) is 1.90. The van der Waals surface area contributed by atoms with Crippen LogP contribution in [0, 0.1) is 0 Å². The Morgan fingerprint density at radius 3 is 2.71 bits per heavy atom. The Morgan fingerprint density at radius 1 is 1.29 bits per heavy atom. The van der Waals surface area contributed by atoms with Crippen LogP contribution in [0.4, 0.5) is 0 Å². The van der Waals surface area contributed by atoms with Gasteiger partial charge in [0, 0.05) is 44.4 Å². The number of carbonyl (C=O) groups excluding carboxylic acids is 1. The number of carbonyl (C=O) groups is 1. The molecule has 0 spiro atoms. The number of amides is 1. The highest BCUT2D eigenvalue weighted by Gasteiger charge is 2.28. The monoisotopic (exact) mass is 344 g/mol. The minimum absolute atomic E-state index is 0.0944. The van der Waals surface area contributed by atoms with Crippen LogP contribution in [-0.2, 0) is 18.3 Å². The van der Waals surface area contributed by atoms with Gasteiger partial charge in [-0.15, -0.1) is 0 Å². The molecule has 0 aliphatic carbocycles. The zero-order valence-corrected chi connectivity index (χ0v) is 14.8. The summed E-state index contributed by atoms with van der Waals surface area (Å²) in [4.78, 5) is 15.2. The number of thioether (sulfide) groups is 1. The molecule has 6 heteroatoms. The summed E-state index contributed by atoms with van der Waals surface area (Å²) in [6.45, 7) is 2.55. The first-order chi connectivity index (χ1) is 11.7. The molecule has 0 unspecified atom stereocenters. The van der Waals surface area contributed by atoms with E-state index in [9.17, 15) is 4.79 Å². The third-order valence-electron chi connectivity index (χ3n) is 4.25. The first kappa shape index (κ1) is 17.0. The van der Waals surface area contributed by atoms with Gasteiger partial charge in [0.05, 0.1) is 6.20 Å². The van der Waals surface area contributed by atoms with Crippen molar-refractivity contribution in [1.29, 1.82) is 0 Å².